The molecule has 72 valence electrons. The maximum Gasteiger partial charge on any atom is 0.0360 e. The molecule has 14 heavy (non-hydrogen) atoms. The van der Waals surface area contributed by atoms with E-state index in [0.29, 0.717) is 0 Å². The molecule has 0 atom stereocenters. The Kier molecular flexibility index (Phi) is 2.61. The van der Waals surface area contributed by atoms with Gasteiger partial charge in [-0.2, -0.15) is 11.3 Å². The lowest BCUT2D eigenvalue weighted by molar-refractivity contribution is 1.46. The smallest absolute Gasteiger partial charge is 0.0360 e. The van der Waals surface area contributed by atoms with Crippen LogP contribution < -0.4 is 5.73 Å². The highest BCUT2D eigenvalue weighted by Crippen LogP contribution is 2.34. The van der Waals surface area contributed by atoms with Crippen LogP contribution in [-0.4, -0.2) is 0 Å². The maximum atomic E-state index is 5.71. The predicted molar refractivity (Wildman–Crippen MR) is 66.6 cm³/mol. The van der Waals surface area contributed by atoms with Gasteiger partial charge in [0.05, 0.1) is 0 Å². The lowest BCUT2D eigenvalue weighted by Crippen LogP contribution is -1.87. The molecule has 1 aromatic carbocycles. The van der Waals surface area contributed by atoms with E-state index in [0.717, 1.165) is 10.2 Å². The van der Waals surface area contributed by atoms with Gasteiger partial charge in [-0.25, -0.2) is 0 Å². The van der Waals surface area contributed by atoms with Crippen LogP contribution in [0.5, 0.6) is 0 Å². The lowest BCUT2D eigenvalue weighted by atomic mass is 10.0. The number of hydrogen-bond donors (Lipinski definition) is 1. The van der Waals surface area contributed by atoms with Gasteiger partial charge in [0.15, 0.2) is 0 Å². The Balaban J connectivity index is 2.58. The zero-order chi connectivity index (χ0) is 10.1. The van der Waals surface area contributed by atoms with Crippen molar-refractivity contribution in [2.75, 3.05) is 5.73 Å². The Hall–Kier alpha value is -0.800. The van der Waals surface area contributed by atoms with E-state index >= 15 is 0 Å². The fourth-order valence-corrected chi connectivity index (χ4v) is 2.97. The predicted octanol–water partition coefficient (Wildman–Crippen LogP) is 4.07. The molecule has 2 aromatic rings. The average Bonchev–Trinajstić information content (AvgIpc) is 2.52. The molecule has 0 aliphatic carbocycles. The zero-order valence-electron chi connectivity index (χ0n) is 7.75. The highest BCUT2D eigenvalue weighted by atomic mass is 79.9. The first-order valence-corrected chi connectivity index (χ1v) is 6.00. The number of nitrogens with two attached hydrogens (primary N) is 1. The Morgan fingerprint density at radius 3 is 2.57 bits per heavy atom. The van der Waals surface area contributed by atoms with Crippen LogP contribution in [0.2, 0.25) is 0 Å². The second-order valence-corrected chi connectivity index (χ2v) is 4.81. The van der Waals surface area contributed by atoms with Gasteiger partial charge < -0.3 is 5.73 Å². The van der Waals surface area contributed by atoms with Gasteiger partial charge in [-0.1, -0.05) is 6.07 Å². The van der Waals surface area contributed by atoms with Gasteiger partial charge in [0.25, 0.3) is 0 Å². The SMILES string of the molecule is Cc1cc(N)ccc1-c1cscc1Br. The minimum atomic E-state index is 0.817. The summed E-state index contributed by atoms with van der Waals surface area (Å²) in [4.78, 5) is 0. The molecule has 0 radical (unpaired) electrons. The number of aryl methyl sites for hydroxylation is 1. The second-order valence-electron chi connectivity index (χ2n) is 3.21. The van der Waals surface area contributed by atoms with Crippen LogP contribution in [-0.2, 0) is 0 Å². The number of halogens is 1. The van der Waals surface area contributed by atoms with E-state index in [2.05, 4.69) is 39.7 Å². The second kappa shape index (κ2) is 3.75. The topological polar surface area (TPSA) is 26.0 Å². The molecule has 0 amide bonds. The van der Waals surface area contributed by atoms with Gasteiger partial charge in [0.1, 0.15) is 0 Å². The number of rotatable bonds is 1. The van der Waals surface area contributed by atoms with Crippen molar-refractivity contribution in [2.24, 2.45) is 0 Å². The van der Waals surface area contributed by atoms with Crippen molar-refractivity contribution in [3.63, 3.8) is 0 Å². The number of thiophene rings is 1. The molecular formula is C11H10BrNS. The summed E-state index contributed by atoms with van der Waals surface area (Å²) in [6.07, 6.45) is 0. The van der Waals surface area contributed by atoms with Crippen molar-refractivity contribution in [1.82, 2.24) is 0 Å². The molecule has 0 bridgehead atoms. The first-order valence-electron chi connectivity index (χ1n) is 4.26. The highest BCUT2D eigenvalue weighted by molar-refractivity contribution is 9.10. The molecule has 1 aromatic heterocycles. The molecule has 3 heteroatoms. The van der Waals surface area contributed by atoms with Gasteiger partial charge in [-0.05, 0) is 51.5 Å². The average molecular weight is 268 g/mol. The molecule has 2 rings (SSSR count). The molecule has 1 heterocycles. The van der Waals surface area contributed by atoms with E-state index in [9.17, 15) is 0 Å². The maximum absolute atomic E-state index is 5.71. The Bertz CT molecular complexity index is 462. The van der Waals surface area contributed by atoms with Gasteiger partial charge in [-0.3, -0.25) is 0 Å². The van der Waals surface area contributed by atoms with E-state index < -0.39 is 0 Å². The first kappa shape index (κ1) is 9.74. The van der Waals surface area contributed by atoms with Crippen molar-refractivity contribution in [3.8, 4) is 11.1 Å². The summed E-state index contributed by atoms with van der Waals surface area (Å²) in [6, 6.07) is 6.00. The summed E-state index contributed by atoms with van der Waals surface area (Å²) in [6.45, 7) is 2.08. The van der Waals surface area contributed by atoms with Crippen LogP contribution in [0, 0.1) is 6.92 Å². The molecule has 0 spiro atoms. The molecule has 0 saturated carbocycles. The number of anilines is 1. The summed E-state index contributed by atoms with van der Waals surface area (Å²) < 4.78 is 1.15. The highest BCUT2D eigenvalue weighted by Gasteiger charge is 2.06. The number of nitrogen functional groups attached to an aromatic ring is 1. The van der Waals surface area contributed by atoms with Crippen molar-refractivity contribution < 1.29 is 0 Å². The quantitative estimate of drug-likeness (QED) is 0.775. The van der Waals surface area contributed by atoms with Crippen LogP contribution in [0.4, 0.5) is 5.69 Å². The monoisotopic (exact) mass is 267 g/mol. The fraction of sp³-hybridized carbons (Fsp3) is 0.0909. The molecule has 0 aliphatic rings. The van der Waals surface area contributed by atoms with Crippen LogP contribution in [0.15, 0.2) is 33.4 Å². The Morgan fingerprint density at radius 1 is 1.21 bits per heavy atom. The summed E-state index contributed by atoms with van der Waals surface area (Å²) in [7, 11) is 0. The minimum Gasteiger partial charge on any atom is -0.399 e. The number of benzene rings is 1. The third-order valence-corrected chi connectivity index (χ3v) is 3.86. The molecule has 0 fully saturated rings. The molecule has 1 nitrogen and oxygen atoms in total. The summed E-state index contributed by atoms with van der Waals surface area (Å²) >= 11 is 5.23. The standard InChI is InChI=1S/C11H10BrNS/c1-7-4-8(13)2-3-9(7)10-5-14-6-11(10)12/h2-6H,13H2,1H3. The van der Waals surface area contributed by atoms with E-state index in [-0.39, 0.29) is 0 Å². The third kappa shape index (κ3) is 1.70. The third-order valence-electron chi connectivity index (χ3n) is 2.16. The van der Waals surface area contributed by atoms with Crippen molar-refractivity contribution in [2.45, 2.75) is 6.92 Å². The van der Waals surface area contributed by atoms with E-state index in [1.807, 2.05) is 12.1 Å². The van der Waals surface area contributed by atoms with E-state index in [1.54, 1.807) is 11.3 Å². The minimum absolute atomic E-state index is 0.817. The first-order chi connectivity index (χ1) is 6.68. The zero-order valence-corrected chi connectivity index (χ0v) is 10.2. The molecule has 0 aliphatic heterocycles. The van der Waals surface area contributed by atoms with Gasteiger partial charge in [-0.15, -0.1) is 0 Å². The van der Waals surface area contributed by atoms with E-state index in [1.165, 1.54) is 16.7 Å². The van der Waals surface area contributed by atoms with Gasteiger partial charge >= 0.3 is 0 Å². The molecular weight excluding hydrogens is 258 g/mol. The van der Waals surface area contributed by atoms with Crippen molar-refractivity contribution >= 4 is 33.0 Å². The van der Waals surface area contributed by atoms with Gasteiger partial charge in [0.2, 0.25) is 0 Å². The lowest BCUT2D eigenvalue weighted by Gasteiger charge is -2.05. The Labute approximate surface area is 95.7 Å². The number of hydrogen-bond acceptors (Lipinski definition) is 2. The summed E-state index contributed by atoms with van der Waals surface area (Å²) in [5.41, 5.74) is 10.2. The van der Waals surface area contributed by atoms with Crippen LogP contribution in [0.25, 0.3) is 11.1 Å². The normalized spacial score (nSPS) is 10.4. The fourth-order valence-electron chi connectivity index (χ4n) is 1.46. The van der Waals surface area contributed by atoms with Gasteiger partial charge in [0, 0.05) is 21.1 Å². The van der Waals surface area contributed by atoms with Crippen molar-refractivity contribution in [3.05, 3.63) is 39.0 Å². The molecule has 0 unspecified atom stereocenters. The van der Waals surface area contributed by atoms with E-state index in [4.69, 9.17) is 5.73 Å². The largest absolute Gasteiger partial charge is 0.399 e. The summed E-state index contributed by atoms with van der Waals surface area (Å²) in [5, 5.41) is 4.23. The Morgan fingerprint density at radius 2 is 2.00 bits per heavy atom. The van der Waals surface area contributed by atoms with Crippen LogP contribution in [0.1, 0.15) is 5.56 Å². The molecule has 0 saturated heterocycles. The van der Waals surface area contributed by atoms with Crippen molar-refractivity contribution in [1.29, 1.82) is 0 Å². The summed E-state index contributed by atoms with van der Waals surface area (Å²) in [5.74, 6) is 0. The van der Waals surface area contributed by atoms with Crippen LogP contribution in [0.3, 0.4) is 0 Å². The van der Waals surface area contributed by atoms with Crippen LogP contribution >= 0.6 is 27.3 Å². The molecule has 2 N–H and O–H groups in total.